The smallest absolute Gasteiger partial charge is 0.550 e. The Morgan fingerprint density at radius 2 is 1.42 bits per heavy atom. The number of unbranched alkanes of at least 4 members (excludes halogenated alkanes) is 8. The normalized spacial score (nSPS) is 11.0. The molecule has 0 unspecified atom stereocenters. The zero-order valence-electron chi connectivity index (χ0n) is 16.3. The van der Waals surface area contributed by atoms with Gasteiger partial charge in [0.2, 0.25) is 0 Å². The summed E-state index contributed by atoms with van der Waals surface area (Å²) in [6.07, 6.45) is 9.90. The second kappa shape index (κ2) is 18.8. The number of rotatable bonds is 17. The quantitative estimate of drug-likeness (QED) is 0.174. The van der Waals surface area contributed by atoms with Gasteiger partial charge >= 0.3 is 67.5 Å². The molecule has 0 amide bonds. The van der Waals surface area contributed by atoms with Crippen LogP contribution in [-0.2, 0) is 23.9 Å². The maximum absolute atomic E-state index is 11.6. The van der Waals surface area contributed by atoms with Crippen LogP contribution in [0.5, 0.6) is 0 Å². The summed E-state index contributed by atoms with van der Waals surface area (Å²) in [5.41, 5.74) is 0. The molecule has 0 radical (unpaired) electrons. The number of hydrogen-bond acceptors (Lipinski definition) is 7. The number of carboxylic acids is 1. The van der Waals surface area contributed by atoms with E-state index in [4.69, 9.17) is 0 Å². The van der Waals surface area contributed by atoms with Crippen molar-refractivity contribution < 1.29 is 78.7 Å². The minimum Gasteiger partial charge on any atom is -0.550 e. The van der Waals surface area contributed by atoms with Crippen molar-refractivity contribution >= 4 is 22.1 Å². The van der Waals surface area contributed by atoms with Crippen LogP contribution in [-0.4, -0.2) is 39.2 Å². The molecule has 26 heavy (non-hydrogen) atoms. The minimum atomic E-state index is -3.92. The summed E-state index contributed by atoms with van der Waals surface area (Å²) >= 11 is 0. The van der Waals surface area contributed by atoms with Crippen LogP contribution in [0.4, 0.5) is 0 Å². The fourth-order valence-electron chi connectivity index (χ4n) is 2.32. The first-order valence-electron chi connectivity index (χ1n) is 9.23. The molecule has 0 saturated carbocycles. The Bertz CT molecular complexity index is 470. The summed E-state index contributed by atoms with van der Waals surface area (Å²) in [6, 6.07) is 0. The van der Waals surface area contributed by atoms with Crippen molar-refractivity contribution in [1.82, 2.24) is 5.32 Å². The van der Waals surface area contributed by atoms with E-state index in [1.165, 1.54) is 32.1 Å². The van der Waals surface area contributed by atoms with E-state index in [2.05, 4.69) is 16.4 Å². The van der Waals surface area contributed by atoms with Gasteiger partial charge in [0, 0.05) is 25.5 Å². The Hall–Kier alpha value is 0.486. The number of aliphatic carboxylic acids is 1. The van der Waals surface area contributed by atoms with Crippen LogP contribution in [0.2, 0.25) is 0 Å². The van der Waals surface area contributed by atoms with Gasteiger partial charge in [-0.15, -0.1) is 0 Å². The van der Waals surface area contributed by atoms with Gasteiger partial charge in [0.15, 0.2) is 0 Å². The van der Waals surface area contributed by atoms with Crippen molar-refractivity contribution in [3.05, 3.63) is 0 Å². The molecular formula is C17H32KNO6S. The summed E-state index contributed by atoms with van der Waals surface area (Å²) < 4.78 is 27.7. The molecule has 0 atom stereocenters. The number of carbonyl (C=O) groups excluding carboxylic acids is 2. The van der Waals surface area contributed by atoms with Crippen LogP contribution in [0.25, 0.3) is 0 Å². The molecule has 0 aliphatic rings. The summed E-state index contributed by atoms with van der Waals surface area (Å²) in [5.74, 6) is -2.30. The number of carboxylic acid groups (broad SMARTS) is 1. The molecule has 0 bridgehead atoms. The standard InChI is InChI=1S/C17H33NO6S.K/c1-2-3-4-5-6-7-8-9-10-11-17(21)24-25(22,23)15-14-18-13-12-16(19)20;/h18H,2-15H2,1H3,(H,19,20);/q;+1/p-1. The molecule has 0 rings (SSSR count). The Balaban J connectivity index is 0. The van der Waals surface area contributed by atoms with Crippen LogP contribution < -0.4 is 61.8 Å². The van der Waals surface area contributed by atoms with E-state index in [1.54, 1.807) is 0 Å². The molecule has 0 aromatic heterocycles. The summed E-state index contributed by atoms with van der Waals surface area (Å²) in [5, 5.41) is 12.8. The van der Waals surface area contributed by atoms with E-state index >= 15 is 0 Å². The third-order valence-electron chi connectivity index (χ3n) is 3.74. The number of nitrogens with one attached hydrogen (secondary N) is 1. The van der Waals surface area contributed by atoms with Gasteiger partial charge < -0.3 is 19.4 Å². The van der Waals surface area contributed by atoms with Crippen molar-refractivity contribution in [1.29, 1.82) is 0 Å². The van der Waals surface area contributed by atoms with Crippen molar-refractivity contribution in [2.75, 3.05) is 18.8 Å². The molecule has 0 saturated heterocycles. The molecule has 9 heteroatoms. The van der Waals surface area contributed by atoms with Gasteiger partial charge in [-0.25, -0.2) is 0 Å². The predicted molar refractivity (Wildman–Crippen MR) is 94.2 cm³/mol. The Morgan fingerprint density at radius 1 is 0.885 bits per heavy atom. The SMILES string of the molecule is CCCCCCCCCCCC(=O)OS(=O)(=O)CCNCCC(=O)[O-].[K+]. The first-order valence-corrected chi connectivity index (χ1v) is 10.8. The van der Waals surface area contributed by atoms with E-state index in [0.29, 0.717) is 6.42 Å². The molecule has 0 heterocycles. The average Bonchev–Trinajstić information content (AvgIpc) is 2.52. The molecule has 0 aliphatic carbocycles. The molecule has 0 fully saturated rings. The topological polar surface area (TPSA) is 113 Å². The van der Waals surface area contributed by atoms with Crippen molar-refractivity contribution in [3.63, 3.8) is 0 Å². The van der Waals surface area contributed by atoms with E-state index in [0.717, 1.165) is 19.3 Å². The van der Waals surface area contributed by atoms with Crippen LogP contribution in [0.1, 0.15) is 77.6 Å². The summed E-state index contributed by atoms with van der Waals surface area (Å²) in [6.45, 7) is 2.33. The van der Waals surface area contributed by atoms with E-state index < -0.39 is 22.1 Å². The molecule has 0 aliphatic heterocycles. The van der Waals surface area contributed by atoms with Gasteiger partial charge in [-0.05, 0) is 12.8 Å². The van der Waals surface area contributed by atoms with E-state index in [1.807, 2.05) is 0 Å². The zero-order chi connectivity index (χ0) is 19.0. The van der Waals surface area contributed by atoms with Gasteiger partial charge in [0.05, 0.1) is 5.75 Å². The number of hydrogen-bond donors (Lipinski definition) is 1. The fourth-order valence-corrected chi connectivity index (χ4v) is 3.16. The van der Waals surface area contributed by atoms with Crippen molar-refractivity contribution in [2.45, 2.75) is 77.6 Å². The third-order valence-corrected chi connectivity index (χ3v) is 4.88. The van der Waals surface area contributed by atoms with Crippen molar-refractivity contribution in [2.24, 2.45) is 0 Å². The summed E-state index contributed by atoms with van der Waals surface area (Å²) in [4.78, 5) is 21.7. The van der Waals surface area contributed by atoms with Crippen LogP contribution in [0.3, 0.4) is 0 Å². The maximum atomic E-state index is 11.6. The second-order valence-corrected chi connectivity index (χ2v) is 7.86. The van der Waals surface area contributed by atoms with E-state index in [9.17, 15) is 23.1 Å². The van der Waals surface area contributed by atoms with Crippen LogP contribution in [0, 0.1) is 0 Å². The van der Waals surface area contributed by atoms with Crippen LogP contribution >= 0.6 is 0 Å². The number of carbonyl (C=O) groups is 2. The van der Waals surface area contributed by atoms with E-state index in [-0.39, 0.29) is 83.1 Å². The molecule has 148 valence electrons. The fraction of sp³-hybridized carbons (Fsp3) is 0.882. The third kappa shape index (κ3) is 20.8. The van der Waals surface area contributed by atoms with Gasteiger partial charge in [-0.2, -0.15) is 8.42 Å². The minimum absolute atomic E-state index is 0. The van der Waals surface area contributed by atoms with Gasteiger partial charge in [-0.3, -0.25) is 4.79 Å². The average molecular weight is 418 g/mol. The molecular weight excluding hydrogens is 385 g/mol. The maximum Gasteiger partial charge on any atom is 1.00 e. The largest absolute Gasteiger partial charge is 1.00 e. The summed E-state index contributed by atoms with van der Waals surface area (Å²) in [7, 11) is -3.92. The second-order valence-electron chi connectivity index (χ2n) is 6.17. The van der Waals surface area contributed by atoms with Gasteiger partial charge in [-0.1, -0.05) is 58.3 Å². The molecule has 0 aromatic carbocycles. The van der Waals surface area contributed by atoms with Crippen molar-refractivity contribution in [3.8, 4) is 0 Å². The predicted octanol–water partition coefficient (Wildman–Crippen LogP) is -1.49. The molecule has 0 aromatic rings. The van der Waals surface area contributed by atoms with Crippen LogP contribution in [0.15, 0.2) is 0 Å². The Labute approximate surface area is 200 Å². The first-order chi connectivity index (χ1) is 11.9. The van der Waals surface area contributed by atoms with Gasteiger partial charge in [0.1, 0.15) is 0 Å². The Morgan fingerprint density at radius 3 is 1.96 bits per heavy atom. The first kappa shape index (κ1) is 28.7. The molecule has 1 N–H and O–H groups in total. The Kier molecular flexibility index (Phi) is 20.8. The monoisotopic (exact) mass is 417 g/mol. The molecule has 7 nitrogen and oxygen atoms in total. The molecule has 0 spiro atoms. The van der Waals surface area contributed by atoms with Gasteiger partial charge in [0.25, 0.3) is 0 Å². The zero-order valence-corrected chi connectivity index (χ0v) is 20.2.